The van der Waals surface area contributed by atoms with E-state index in [4.69, 9.17) is 23.2 Å². The molecule has 2 aromatic heterocycles. The molecule has 0 unspecified atom stereocenters. The summed E-state index contributed by atoms with van der Waals surface area (Å²) in [7, 11) is 0. The Morgan fingerprint density at radius 3 is 2.76 bits per heavy atom. The lowest BCUT2D eigenvalue weighted by Gasteiger charge is -2.03. The van der Waals surface area contributed by atoms with Gasteiger partial charge in [-0.1, -0.05) is 23.2 Å². The van der Waals surface area contributed by atoms with Gasteiger partial charge in [0.15, 0.2) is 0 Å². The Morgan fingerprint density at radius 1 is 1.41 bits per heavy atom. The van der Waals surface area contributed by atoms with Gasteiger partial charge in [0.1, 0.15) is 17.5 Å². The third kappa shape index (κ3) is 2.72. The highest BCUT2D eigenvalue weighted by molar-refractivity contribution is 6.34. The van der Waals surface area contributed by atoms with Crippen molar-refractivity contribution in [2.24, 2.45) is 0 Å². The van der Waals surface area contributed by atoms with Crippen LogP contribution in [0.3, 0.4) is 0 Å². The molecule has 0 aromatic carbocycles. The number of nitro groups is 1. The first-order valence-corrected chi connectivity index (χ1v) is 5.28. The molecule has 0 saturated carbocycles. The van der Waals surface area contributed by atoms with Gasteiger partial charge in [0.05, 0.1) is 16.5 Å². The van der Waals surface area contributed by atoms with Crippen LogP contribution in [0.1, 0.15) is 5.56 Å². The molecule has 2 heterocycles. The molecule has 0 aliphatic rings. The minimum atomic E-state index is -0.509. The second-order valence-electron chi connectivity index (χ2n) is 3.25. The summed E-state index contributed by atoms with van der Waals surface area (Å²) in [5, 5.41) is 15.1. The molecular weight excluding hydrogens is 267 g/mol. The molecule has 2 rings (SSSR count). The first-order chi connectivity index (χ1) is 8.06. The van der Waals surface area contributed by atoms with Gasteiger partial charge in [-0.3, -0.25) is 14.8 Å². The van der Waals surface area contributed by atoms with Crippen molar-refractivity contribution in [3.05, 3.63) is 50.5 Å². The van der Waals surface area contributed by atoms with E-state index in [1.54, 1.807) is 0 Å². The molecule has 17 heavy (non-hydrogen) atoms. The summed E-state index contributed by atoms with van der Waals surface area (Å²) in [5.74, 6) is 0. The van der Waals surface area contributed by atoms with Gasteiger partial charge in [-0.25, -0.2) is 4.98 Å². The Balaban J connectivity index is 2.22. The van der Waals surface area contributed by atoms with E-state index in [1.807, 2.05) is 0 Å². The zero-order valence-electron chi connectivity index (χ0n) is 8.38. The van der Waals surface area contributed by atoms with Crippen LogP contribution in [0.25, 0.3) is 0 Å². The molecule has 0 N–H and O–H groups in total. The van der Waals surface area contributed by atoms with Gasteiger partial charge in [-0.05, 0) is 6.07 Å². The summed E-state index contributed by atoms with van der Waals surface area (Å²) in [6.07, 6.45) is 4.01. The van der Waals surface area contributed by atoms with Gasteiger partial charge in [0.25, 0.3) is 0 Å². The standard InChI is InChI=1S/C9H6Cl2N4O2/c10-8-1-9(11)12-2-6(8)4-14-5-7(3-13-14)15(16)17/h1-3,5H,4H2. The average molecular weight is 273 g/mol. The first kappa shape index (κ1) is 11.8. The molecule has 0 fully saturated rings. The van der Waals surface area contributed by atoms with Crippen molar-refractivity contribution in [1.82, 2.24) is 14.8 Å². The zero-order valence-corrected chi connectivity index (χ0v) is 9.89. The van der Waals surface area contributed by atoms with Crippen LogP contribution < -0.4 is 0 Å². The predicted molar refractivity (Wildman–Crippen MR) is 62.2 cm³/mol. The van der Waals surface area contributed by atoms with Crippen molar-refractivity contribution in [2.45, 2.75) is 6.54 Å². The van der Waals surface area contributed by atoms with E-state index in [9.17, 15) is 10.1 Å². The SMILES string of the molecule is O=[N+]([O-])c1cnn(Cc2cnc(Cl)cc2Cl)c1. The predicted octanol–water partition coefficient (Wildman–Crippen LogP) is 2.54. The number of pyridine rings is 1. The Morgan fingerprint density at radius 2 is 2.18 bits per heavy atom. The maximum Gasteiger partial charge on any atom is 0.307 e. The highest BCUT2D eigenvalue weighted by Gasteiger charge is 2.10. The molecule has 8 heteroatoms. The molecular formula is C9H6Cl2N4O2. The van der Waals surface area contributed by atoms with E-state index >= 15 is 0 Å². The molecule has 0 aliphatic carbocycles. The molecule has 0 atom stereocenters. The minimum absolute atomic E-state index is 0.0666. The number of nitrogens with zero attached hydrogens (tertiary/aromatic N) is 4. The number of hydrogen-bond donors (Lipinski definition) is 0. The molecule has 0 saturated heterocycles. The van der Waals surface area contributed by atoms with Crippen molar-refractivity contribution in [1.29, 1.82) is 0 Å². The molecule has 0 radical (unpaired) electrons. The largest absolute Gasteiger partial charge is 0.307 e. The molecule has 88 valence electrons. The van der Waals surface area contributed by atoms with Crippen LogP contribution in [0, 0.1) is 10.1 Å². The van der Waals surface area contributed by atoms with Crippen molar-refractivity contribution in [2.75, 3.05) is 0 Å². The summed E-state index contributed by atoms with van der Waals surface area (Å²) in [6.45, 7) is 0.302. The number of aromatic nitrogens is 3. The van der Waals surface area contributed by atoms with Crippen LogP contribution in [0.2, 0.25) is 10.2 Å². The molecule has 0 bridgehead atoms. The van der Waals surface area contributed by atoms with Crippen LogP contribution in [-0.4, -0.2) is 19.7 Å². The van der Waals surface area contributed by atoms with Gasteiger partial charge in [-0.15, -0.1) is 0 Å². The van der Waals surface area contributed by atoms with Gasteiger partial charge >= 0.3 is 5.69 Å². The van der Waals surface area contributed by atoms with Gasteiger partial charge < -0.3 is 0 Å². The average Bonchev–Trinajstić information content (AvgIpc) is 2.71. The third-order valence-corrected chi connectivity index (χ3v) is 2.62. The van der Waals surface area contributed by atoms with Crippen LogP contribution >= 0.6 is 23.2 Å². The fourth-order valence-electron chi connectivity index (χ4n) is 1.26. The van der Waals surface area contributed by atoms with Gasteiger partial charge in [0, 0.05) is 11.8 Å². The van der Waals surface area contributed by atoms with E-state index in [-0.39, 0.29) is 5.69 Å². The summed E-state index contributed by atoms with van der Waals surface area (Å²) in [4.78, 5) is 13.8. The Labute approximate surface area is 106 Å². The maximum atomic E-state index is 10.5. The third-order valence-electron chi connectivity index (χ3n) is 2.06. The van der Waals surface area contributed by atoms with Crippen LogP contribution in [-0.2, 0) is 6.54 Å². The summed E-state index contributed by atoms with van der Waals surface area (Å²) in [6, 6.07) is 1.51. The topological polar surface area (TPSA) is 73.8 Å². The van der Waals surface area contributed by atoms with E-state index in [1.165, 1.54) is 29.3 Å². The van der Waals surface area contributed by atoms with Crippen LogP contribution in [0.5, 0.6) is 0 Å². The normalized spacial score (nSPS) is 10.5. The number of halogens is 2. The van der Waals surface area contributed by atoms with E-state index in [2.05, 4.69) is 10.1 Å². The monoisotopic (exact) mass is 272 g/mol. The maximum absolute atomic E-state index is 10.5. The molecule has 0 spiro atoms. The summed E-state index contributed by atoms with van der Waals surface area (Å²) in [5.41, 5.74) is 0.622. The lowest BCUT2D eigenvalue weighted by molar-refractivity contribution is -0.385. The minimum Gasteiger partial charge on any atom is -0.261 e. The second kappa shape index (κ2) is 4.68. The summed E-state index contributed by atoms with van der Waals surface area (Å²) < 4.78 is 1.41. The molecule has 0 amide bonds. The zero-order chi connectivity index (χ0) is 12.4. The summed E-state index contributed by atoms with van der Waals surface area (Å²) >= 11 is 11.6. The fraction of sp³-hybridized carbons (Fsp3) is 0.111. The van der Waals surface area contributed by atoms with Gasteiger partial charge in [0.2, 0.25) is 0 Å². The van der Waals surface area contributed by atoms with Crippen molar-refractivity contribution >= 4 is 28.9 Å². The lowest BCUT2D eigenvalue weighted by Crippen LogP contribution is -2.01. The van der Waals surface area contributed by atoms with E-state index in [0.29, 0.717) is 22.3 Å². The number of hydrogen-bond acceptors (Lipinski definition) is 4. The lowest BCUT2D eigenvalue weighted by atomic mass is 10.3. The Kier molecular flexibility index (Phi) is 3.26. The highest BCUT2D eigenvalue weighted by atomic mass is 35.5. The fourth-order valence-corrected chi connectivity index (χ4v) is 1.69. The van der Waals surface area contributed by atoms with E-state index < -0.39 is 4.92 Å². The molecule has 0 aliphatic heterocycles. The highest BCUT2D eigenvalue weighted by Crippen LogP contribution is 2.20. The van der Waals surface area contributed by atoms with Gasteiger partial charge in [-0.2, -0.15) is 5.10 Å². The molecule has 2 aromatic rings. The first-order valence-electron chi connectivity index (χ1n) is 4.53. The van der Waals surface area contributed by atoms with Crippen molar-refractivity contribution < 1.29 is 4.92 Å². The van der Waals surface area contributed by atoms with Crippen molar-refractivity contribution in [3.8, 4) is 0 Å². The smallest absolute Gasteiger partial charge is 0.261 e. The Hall–Kier alpha value is -1.66. The second-order valence-corrected chi connectivity index (χ2v) is 4.05. The van der Waals surface area contributed by atoms with Crippen molar-refractivity contribution in [3.63, 3.8) is 0 Å². The van der Waals surface area contributed by atoms with Crippen LogP contribution in [0.15, 0.2) is 24.7 Å². The van der Waals surface area contributed by atoms with Crippen LogP contribution in [0.4, 0.5) is 5.69 Å². The number of rotatable bonds is 3. The molecule has 6 nitrogen and oxygen atoms in total. The van der Waals surface area contributed by atoms with E-state index in [0.717, 1.165) is 0 Å². The Bertz CT molecular complexity index is 570. The quantitative estimate of drug-likeness (QED) is 0.489.